The van der Waals surface area contributed by atoms with Gasteiger partial charge in [-0.25, -0.2) is 9.59 Å². The zero-order valence-corrected chi connectivity index (χ0v) is 30.7. The minimum absolute atomic E-state index is 0.00218. The second-order valence-electron chi connectivity index (χ2n) is 14.2. The van der Waals surface area contributed by atoms with Gasteiger partial charge in [0.15, 0.2) is 12.1 Å². The van der Waals surface area contributed by atoms with E-state index >= 15 is 0 Å². The summed E-state index contributed by atoms with van der Waals surface area (Å²) in [5.41, 5.74) is 6.70. The zero-order valence-electron chi connectivity index (χ0n) is 30.7. The Balaban J connectivity index is 0.990. The third kappa shape index (κ3) is 9.54. The van der Waals surface area contributed by atoms with Crippen LogP contribution >= 0.6 is 0 Å². The van der Waals surface area contributed by atoms with Gasteiger partial charge in [0.25, 0.3) is 0 Å². The molecular weight excluding hydrogens is 686 g/mol. The first kappa shape index (κ1) is 37.7. The van der Waals surface area contributed by atoms with Crippen LogP contribution in [0.3, 0.4) is 0 Å². The molecule has 2 amide bonds. The van der Waals surface area contributed by atoms with Crippen LogP contribution in [0.5, 0.6) is 0 Å². The van der Waals surface area contributed by atoms with E-state index in [2.05, 4.69) is 27.7 Å². The number of likely N-dealkylation sites (tertiary alicyclic amines) is 1. The van der Waals surface area contributed by atoms with Crippen molar-refractivity contribution in [2.45, 2.75) is 69.2 Å². The lowest BCUT2D eigenvalue weighted by Crippen LogP contribution is -2.48. The molecular formula is C43H49N3O8. The average Bonchev–Trinajstić information content (AvgIpc) is 3.68. The molecule has 3 aliphatic heterocycles. The molecule has 7 rings (SSSR count). The third-order valence-electron chi connectivity index (χ3n) is 10.5. The van der Waals surface area contributed by atoms with E-state index < -0.39 is 30.1 Å². The van der Waals surface area contributed by atoms with Crippen LogP contribution in [0, 0.1) is 0 Å². The molecule has 0 unspecified atom stereocenters. The highest BCUT2D eigenvalue weighted by Crippen LogP contribution is 2.39. The lowest BCUT2D eigenvalue weighted by molar-refractivity contribution is -0.255. The maximum Gasteiger partial charge on any atom is 0.328 e. The van der Waals surface area contributed by atoms with Gasteiger partial charge in [-0.3, -0.25) is 0 Å². The summed E-state index contributed by atoms with van der Waals surface area (Å²) < 4.78 is 30.1. The fraction of sp³-hybridized carbons (Fsp3) is 0.395. The molecule has 3 heterocycles. The largest absolute Gasteiger partial charge is 0.467 e. The van der Waals surface area contributed by atoms with Crippen LogP contribution in [-0.4, -0.2) is 79.9 Å². The number of aliphatic hydroxyl groups excluding tert-OH is 1. The maximum atomic E-state index is 12.8. The Morgan fingerprint density at radius 1 is 0.833 bits per heavy atom. The van der Waals surface area contributed by atoms with Crippen molar-refractivity contribution in [1.29, 1.82) is 0 Å². The molecule has 4 aromatic rings. The number of urea groups is 1. The van der Waals surface area contributed by atoms with Gasteiger partial charge in [0.2, 0.25) is 0 Å². The van der Waals surface area contributed by atoms with E-state index in [4.69, 9.17) is 23.7 Å². The Morgan fingerprint density at radius 2 is 1.54 bits per heavy atom. The number of benzene rings is 4. The molecule has 3 fully saturated rings. The predicted octanol–water partition coefficient (Wildman–Crippen LogP) is 5.81. The number of methoxy groups -OCH3 is 1. The molecule has 11 nitrogen and oxygen atoms in total. The molecule has 284 valence electrons. The summed E-state index contributed by atoms with van der Waals surface area (Å²) in [7, 11) is 1.31. The lowest BCUT2D eigenvalue weighted by Gasteiger charge is -2.41. The summed E-state index contributed by atoms with van der Waals surface area (Å²) in [6.45, 7) is 4.16. The molecule has 0 aliphatic carbocycles. The van der Waals surface area contributed by atoms with Crippen LogP contribution in [0.2, 0.25) is 0 Å². The van der Waals surface area contributed by atoms with Crippen LogP contribution < -0.4 is 10.6 Å². The van der Waals surface area contributed by atoms with Gasteiger partial charge in [-0.1, -0.05) is 97.1 Å². The Hall–Kier alpha value is -4.62. The molecule has 4 atom stereocenters. The first-order chi connectivity index (χ1) is 26.4. The topological polar surface area (TPSA) is 128 Å². The molecule has 3 aliphatic rings. The SMILES string of the molecule is COC(=O)[C@H](Cc1ccccc1)NC(=O)NCc1cccc(-c2ccc([C@H]3O[C@@H](CN4CCC5(CC4)OCCO5)C[C@@H](c4ccc(CO)cc4)O3)cc2)c1. The fourth-order valence-electron chi connectivity index (χ4n) is 7.45. The highest BCUT2D eigenvalue weighted by Gasteiger charge is 2.41. The predicted molar refractivity (Wildman–Crippen MR) is 202 cm³/mol. The summed E-state index contributed by atoms with van der Waals surface area (Å²) in [6, 6.07) is 32.4. The Morgan fingerprint density at radius 3 is 2.24 bits per heavy atom. The summed E-state index contributed by atoms with van der Waals surface area (Å²) in [6.07, 6.45) is 1.98. The normalized spacial score (nSPS) is 21.7. The Bertz CT molecular complexity index is 1820. The second kappa shape index (κ2) is 17.7. The molecule has 0 radical (unpaired) electrons. The number of aliphatic hydroxyl groups is 1. The van der Waals surface area contributed by atoms with E-state index in [1.807, 2.05) is 91.0 Å². The number of piperidine rings is 1. The van der Waals surface area contributed by atoms with E-state index in [1.54, 1.807) is 0 Å². The number of nitrogens with zero attached hydrogens (tertiary/aromatic N) is 1. The first-order valence-corrected chi connectivity index (χ1v) is 18.7. The summed E-state index contributed by atoms with van der Waals surface area (Å²) in [4.78, 5) is 27.7. The van der Waals surface area contributed by atoms with Crippen LogP contribution in [-0.2, 0) is 48.1 Å². The number of carbonyl (C=O) groups is 2. The molecule has 1 spiro atoms. The molecule has 0 bridgehead atoms. The van der Waals surface area contributed by atoms with Gasteiger partial charge in [0.05, 0.1) is 39.1 Å². The monoisotopic (exact) mass is 735 g/mol. The third-order valence-corrected chi connectivity index (χ3v) is 10.5. The van der Waals surface area contributed by atoms with Crippen LogP contribution in [0.1, 0.15) is 59.5 Å². The van der Waals surface area contributed by atoms with E-state index in [0.717, 1.165) is 77.8 Å². The molecule has 0 aromatic heterocycles. The van der Waals surface area contributed by atoms with Crippen molar-refractivity contribution in [3.8, 4) is 11.1 Å². The molecule has 54 heavy (non-hydrogen) atoms. The van der Waals surface area contributed by atoms with Crippen molar-refractivity contribution in [2.24, 2.45) is 0 Å². The number of nitrogens with one attached hydrogen (secondary N) is 2. The van der Waals surface area contributed by atoms with Crippen molar-refractivity contribution >= 4 is 12.0 Å². The summed E-state index contributed by atoms with van der Waals surface area (Å²) in [5.74, 6) is -0.923. The maximum absolute atomic E-state index is 12.8. The zero-order chi connectivity index (χ0) is 37.3. The van der Waals surface area contributed by atoms with Gasteiger partial charge in [-0.15, -0.1) is 0 Å². The minimum Gasteiger partial charge on any atom is -0.467 e. The highest BCUT2D eigenvalue weighted by atomic mass is 16.7. The minimum atomic E-state index is -0.809. The van der Waals surface area contributed by atoms with Gasteiger partial charge in [0.1, 0.15) is 6.04 Å². The second-order valence-corrected chi connectivity index (χ2v) is 14.2. The standard InChI is InChI=1S/C43H49N3O8/c1-50-40(48)38(25-30-6-3-2-4-7-30)45-42(49)44-27-32-8-5-9-36(24-32)33-14-16-35(17-15-33)41-53-37(26-39(54-41)34-12-10-31(29-47)11-13-34)28-46-20-18-43(19-21-46)51-22-23-52-43/h2-17,24,37-39,41,47H,18-23,25-29H2,1H3,(H2,44,45,49)/t37-,38+,39+,41+/m1/s1. The van der Waals surface area contributed by atoms with Gasteiger partial charge in [-0.2, -0.15) is 0 Å². The van der Waals surface area contributed by atoms with E-state index in [1.165, 1.54) is 7.11 Å². The van der Waals surface area contributed by atoms with Gasteiger partial charge in [0, 0.05) is 57.4 Å². The van der Waals surface area contributed by atoms with Crippen molar-refractivity contribution in [2.75, 3.05) is 40.0 Å². The molecule has 3 N–H and O–H groups in total. The Labute approximate surface area is 316 Å². The van der Waals surface area contributed by atoms with Crippen molar-refractivity contribution < 1.29 is 38.4 Å². The quantitative estimate of drug-likeness (QED) is 0.155. The van der Waals surface area contributed by atoms with Crippen molar-refractivity contribution in [3.05, 3.63) is 131 Å². The number of rotatable bonds is 12. The van der Waals surface area contributed by atoms with Gasteiger partial charge < -0.3 is 44.3 Å². The highest BCUT2D eigenvalue weighted by molar-refractivity contribution is 5.83. The van der Waals surface area contributed by atoms with Crippen molar-refractivity contribution in [1.82, 2.24) is 15.5 Å². The lowest BCUT2D eigenvalue weighted by atomic mass is 9.98. The molecule has 3 saturated heterocycles. The van der Waals surface area contributed by atoms with Crippen LogP contribution in [0.4, 0.5) is 4.79 Å². The first-order valence-electron chi connectivity index (χ1n) is 18.7. The van der Waals surface area contributed by atoms with Gasteiger partial charge >= 0.3 is 12.0 Å². The average molecular weight is 736 g/mol. The Kier molecular flexibility index (Phi) is 12.3. The van der Waals surface area contributed by atoms with Crippen LogP contribution in [0.15, 0.2) is 103 Å². The smallest absolute Gasteiger partial charge is 0.328 e. The molecule has 0 saturated carbocycles. The molecule has 4 aromatic carbocycles. The number of esters is 1. The van der Waals surface area contributed by atoms with Gasteiger partial charge in [-0.05, 0) is 39.4 Å². The van der Waals surface area contributed by atoms with E-state index in [0.29, 0.717) is 19.6 Å². The molecule has 11 heteroatoms. The van der Waals surface area contributed by atoms with E-state index in [9.17, 15) is 14.7 Å². The summed E-state index contributed by atoms with van der Waals surface area (Å²) in [5, 5.41) is 15.2. The van der Waals surface area contributed by atoms with E-state index in [-0.39, 0.29) is 25.4 Å². The fourth-order valence-corrected chi connectivity index (χ4v) is 7.45. The summed E-state index contributed by atoms with van der Waals surface area (Å²) >= 11 is 0. The number of ether oxygens (including phenoxy) is 5. The number of hydrogen-bond donors (Lipinski definition) is 3. The number of carbonyl (C=O) groups excluding carboxylic acids is 2. The number of amides is 2. The number of hydrogen-bond acceptors (Lipinski definition) is 9. The van der Waals surface area contributed by atoms with Crippen molar-refractivity contribution in [3.63, 3.8) is 0 Å². The van der Waals surface area contributed by atoms with Crippen LogP contribution in [0.25, 0.3) is 11.1 Å².